The summed E-state index contributed by atoms with van der Waals surface area (Å²) in [5.74, 6) is 1.78. The van der Waals surface area contributed by atoms with Gasteiger partial charge >= 0.3 is 0 Å². The zero-order chi connectivity index (χ0) is 12.3. The Balaban J connectivity index is 2.22. The molecule has 94 valence electrons. The molecule has 1 unspecified atom stereocenters. The van der Waals surface area contributed by atoms with Gasteiger partial charge in [0.1, 0.15) is 13.2 Å². The average molecular weight is 235 g/mol. The van der Waals surface area contributed by atoms with Crippen LogP contribution in [0.1, 0.15) is 24.5 Å². The predicted molar refractivity (Wildman–Crippen MR) is 69.0 cm³/mol. The predicted octanol–water partition coefficient (Wildman–Crippen LogP) is 2.31. The minimum atomic E-state index is 0.524. The lowest BCUT2D eigenvalue weighted by Crippen LogP contribution is -2.27. The van der Waals surface area contributed by atoms with Crippen LogP contribution in [-0.2, 0) is 6.42 Å². The van der Waals surface area contributed by atoms with Gasteiger partial charge in [0, 0.05) is 6.04 Å². The third-order valence-electron chi connectivity index (χ3n) is 3.37. The van der Waals surface area contributed by atoms with Crippen LogP contribution in [0.3, 0.4) is 0 Å². The molecule has 1 atom stereocenters. The highest BCUT2D eigenvalue weighted by Gasteiger charge is 2.15. The van der Waals surface area contributed by atoms with Gasteiger partial charge in [0.25, 0.3) is 0 Å². The zero-order valence-corrected chi connectivity index (χ0v) is 10.9. The van der Waals surface area contributed by atoms with Gasteiger partial charge in [-0.25, -0.2) is 0 Å². The van der Waals surface area contributed by atoms with Crippen molar-refractivity contribution >= 4 is 0 Å². The van der Waals surface area contributed by atoms with E-state index in [0.29, 0.717) is 19.3 Å². The van der Waals surface area contributed by atoms with Gasteiger partial charge in [0.2, 0.25) is 0 Å². The molecule has 0 saturated heterocycles. The maximum atomic E-state index is 5.62. The molecule has 0 saturated carbocycles. The molecule has 2 rings (SSSR count). The second-order valence-electron chi connectivity index (χ2n) is 4.52. The zero-order valence-electron chi connectivity index (χ0n) is 10.9. The highest BCUT2D eigenvalue weighted by Crippen LogP contribution is 2.33. The van der Waals surface area contributed by atoms with Gasteiger partial charge < -0.3 is 14.8 Å². The number of nitrogens with one attached hydrogen (secondary N) is 1. The van der Waals surface area contributed by atoms with E-state index in [1.54, 1.807) is 0 Å². The van der Waals surface area contributed by atoms with E-state index in [9.17, 15) is 0 Å². The molecule has 0 fully saturated rings. The number of fused-ring (bicyclic) bond motifs is 1. The summed E-state index contributed by atoms with van der Waals surface area (Å²) in [6.45, 7) is 5.64. The number of ether oxygens (including phenoxy) is 2. The molecule has 1 aromatic carbocycles. The largest absolute Gasteiger partial charge is 0.486 e. The quantitative estimate of drug-likeness (QED) is 0.868. The molecule has 1 N–H and O–H groups in total. The maximum Gasteiger partial charge on any atom is 0.161 e. The summed E-state index contributed by atoms with van der Waals surface area (Å²) >= 11 is 0. The van der Waals surface area contributed by atoms with Crippen LogP contribution in [0.5, 0.6) is 11.5 Å². The summed E-state index contributed by atoms with van der Waals surface area (Å²) in [7, 11) is 2.02. The molecule has 1 heterocycles. The van der Waals surface area contributed by atoms with Crippen LogP contribution >= 0.6 is 0 Å². The number of likely N-dealkylation sites (N-methyl/N-ethyl adjacent to an activating group) is 1. The molecule has 3 nitrogen and oxygen atoms in total. The lowest BCUT2D eigenvalue weighted by Gasteiger charge is -2.22. The minimum Gasteiger partial charge on any atom is -0.486 e. The first-order valence-corrected chi connectivity index (χ1v) is 6.31. The van der Waals surface area contributed by atoms with Crippen molar-refractivity contribution in [3.63, 3.8) is 0 Å². The topological polar surface area (TPSA) is 30.5 Å². The van der Waals surface area contributed by atoms with Gasteiger partial charge in [0.05, 0.1) is 0 Å². The van der Waals surface area contributed by atoms with Gasteiger partial charge in [-0.2, -0.15) is 0 Å². The highest BCUT2D eigenvalue weighted by molar-refractivity contribution is 5.48. The van der Waals surface area contributed by atoms with Crippen molar-refractivity contribution in [1.29, 1.82) is 0 Å². The Morgan fingerprint density at radius 1 is 1.24 bits per heavy atom. The first-order valence-electron chi connectivity index (χ1n) is 6.31. The molecular formula is C14H21NO2. The van der Waals surface area contributed by atoms with Gasteiger partial charge in [-0.3, -0.25) is 0 Å². The van der Waals surface area contributed by atoms with E-state index in [0.717, 1.165) is 24.3 Å². The smallest absolute Gasteiger partial charge is 0.161 e. The lowest BCUT2D eigenvalue weighted by molar-refractivity contribution is 0.171. The average Bonchev–Trinajstić information content (AvgIpc) is 2.36. The first-order chi connectivity index (χ1) is 8.24. The van der Waals surface area contributed by atoms with Crippen molar-refractivity contribution in [2.24, 2.45) is 0 Å². The molecule has 0 radical (unpaired) electrons. The molecule has 17 heavy (non-hydrogen) atoms. The summed E-state index contributed by atoms with van der Waals surface area (Å²) in [5, 5.41) is 3.34. The summed E-state index contributed by atoms with van der Waals surface area (Å²) in [6, 6.07) is 4.74. The fourth-order valence-corrected chi connectivity index (χ4v) is 2.17. The molecule has 1 aliphatic rings. The molecule has 0 bridgehead atoms. The van der Waals surface area contributed by atoms with Gasteiger partial charge in [-0.1, -0.05) is 6.92 Å². The number of benzene rings is 1. The SMILES string of the molecule is CCC(Cc1cc2c(cc1C)OCCO2)NC. The van der Waals surface area contributed by atoms with E-state index in [4.69, 9.17) is 9.47 Å². The summed E-state index contributed by atoms with van der Waals surface area (Å²) in [4.78, 5) is 0. The van der Waals surface area contributed by atoms with Crippen molar-refractivity contribution in [3.8, 4) is 11.5 Å². The Bertz CT molecular complexity index is 386. The molecule has 1 aromatic rings. The van der Waals surface area contributed by atoms with Gasteiger partial charge in [0.15, 0.2) is 11.5 Å². The third kappa shape index (κ3) is 2.72. The van der Waals surface area contributed by atoms with Crippen LogP contribution in [0.2, 0.25) is 0 Å². The summed E-state index contributed by atoms with van der Waals surface area (Å²) in [6.07, 6.45) is 2.17. The van der Waals surface area contributed by atoms with Crippen molar-refractivity contribution in [1.82, 2.24) is 5.32 Å². The van der Waals surface area contributed by atoms with E-state index in [2.05, 4.69) is 31.3 Å². The van der Waals surface area contributed by atoms with Gasteiger partial charge in [-0.05, 0) is 50.1 Å². The Kier molecular flexibility index (Phi) is 3.89. The van der Waals surface area contributed by atoms with Gasteiger partial charge in [-0.15, -0.1) is 0 Å². The van der Waals surface area contributed by atoms with Crippen molar-refractivity contribution < 1.29 is 9.47 Å². The van der Waals surface area contributed by atoms with Crippen molar-refractivity contribution in [2.45, 2.75) is 32.7 Å². The Morgan fingerprint density at radius 2 is 1.88 bits per heavy atom. The normalized spacial score (nSPS) is 15.7. The fraction of sp³-hybridized carbons (Fsp3) is 0.571. The highest BCUT2D eigenvalue weighted by atomic mass is 16.6. The summed E-state index contributed by atoms with van der Waals surface area (Å²) in [5.41, 5.74) is 2.62. The third-order valence-corrected chi connectivity index (χ3v) is 3.37. The lowest BCUT2D eigenvalue weighted by atomic mass is 9.99. The molecule has 1 aliphatic heterocycles. The van der Waals surface area contributed by atoms with E-state index in [-0.39, 0.29) is 0 Å². The molecule has 0 aliphatic carbocycles. The first kappa shape index (κ1) is 12.2. The number of aryl methyl sites for hydroxylation is 1. The van der Waals surface area contributed by atoms with Crippen LogP contribution in [-0.4, -0.2) is 26.3 Å². The van der Waals surface area contributed by atoms with Crippen LogP contribution in [0.25, 0.3) is 0 Å². The van der Waals surface area contributed by atoms with Crippen LogP contribution in [0, 0.1) is 6.92 Å². The molecule has 3 heteroatoms. The van der Waals surface area contributed by atoms with Crippen molar-refractivity contribution in [3.05, 3.63) is 23.3 Å². The van der Waals surface area contributed by atoms with Crippen LogP contribution in [0.15, 0.2) is 12.1 Å². The molecular weight excluding hydrogens is 214 g/mol. The standard InChI is InChI=1S/C14H21NO2/c1-4-12(15-3)8-11-9-14-13(7-10(11)2)16-5-6-17-14/h7,9,12,15H,4-6,8H2,1-3H3. The number of rotatable bonds is 4. The Hall–Kier alpha value is -1.22. The fourth-order valence-electron chi connectivity index (χ4n) is 2.17. The maximum absolute atomic E-state index is 5.62. The monoisotopic (exact) mass is 235 g/mol. The Morgan fingerprint density at radius 3 is 2.47 bits per heavy atom. The number of hydrogen-bond donors (Lipinski definition) is 1. The number of hydrogen-bond acceptors (Lipinski definition) is 3. The van der Waals surface area contributed by atoms with Crippen LogP contribution in [0.4, 0.5) is 0 Å². The Labute approximate surface area is 103 Å². The molecule has 0 amide bonds. The summed E-state index contributed by atoms with van der Waals surface area (Å²) < 4.78 is 11.2. The van der Waals surface area contributed by atoms with E-state index in [1.165, 1.54) is 11.1 Å². The van der Waals surface area contributed by atoms with Crippen LogP contribution < -0.4 is 14.8 Å². The second kappa shape index (κ2) is 5.41. The second-order valence-corrected chi connectivity index (χ2v) is 4.52. The van der Waals surface area contributed by atoms with E-state index in [1.807, 2.05) is 7.05 Å². The van der Waals surface area contributed by atoms with Crippen molar-refractivity contribution in [2.75, 3.05) is 20.3 Å². The van der Waals surface area contributed by atoms with E-state index < -0.39 is 0 Å². The molecule has 0 aromatic heterocycles. The van der Waals surface area contributed by atoms with E-state index >= 15 is 0 Å². The molecule has 0 spiro atoms. The minimum absolute atomic E-state index is 0.524.